The van der Waals surface area contributed by atoms with Gasteiger partial charge in [0.2, 0.25) is 11.8 Å². The number of halogens is 1. The van der Waals surface area contributed by atoms with Gasteiger partial charge in [0.15, 0.2) is 0 Å². The summed E-state index contributed by atoms with van der Waals surface area (Å²) in [7, 11) is 0. The molecular weight excluding hydrogens is 500 g/mol. The molecule has 3 aromatic carbocycles. The first-order valence-corrected chi connectivity index (χ1v) is 14.5. The van der Waals surface area contributed by atoms with E-state index in [1.165, 1.54) is 6.42 Å². The van der Waals surface area contributed by atoms with Crippen LogP contribution in [0.2, 0.25) is 5.02 Å². The van der Waals surface area contributed by atoms with Crippen LogP contribution in [0.15, 0.2) is 89.8 Å². The van der Waals surface area contributed by atoms with Crippen LogP contribution in [-0.2, 0) is 22.6 Å². The van der Waals surface area contributed by atoms with Gasteiger partial charge in [0.25, 0.3) is 0 Å². The van der Waals surface area contributed by atoms with Crippen molar-refractivity contribution in [2.24, 2.45) is 0 Å². The van der Waals surface area contributed by atoms with E-state index in [4.69, 9.17) is 11.6 Å². The molecule has 0 radical (unpaired) electrons. The quantitative estimate of drug-likeness (QED) is 0.272. The maximum atomic E-state index is 13.8. The maximum absolute atomic E-state index is 13.8. The number of nitrogens with zero attached hydrogens (tertiary/aromatic N) is 1. The molecule has 0 heterocycles. The van der Waals surface area contributed by atoms with E-state index in [9.17, 15) is 9.59 Å². The van der Waals surface area contributed by atoms with Crippen LogP contribution in [0.4, 0.5) is 0 Å². The SMILES string of the molecule is O=C(NC1CCCCC1)[C@H](Cc1ccccc1)N(Cc1ccc(Cl)cc1)C(=O)CCSc1ccccc1. The number of carbonyl (C=O) groups excluding carboxylic acids is 2. The second-order valence-electron chi connectivity index (χ2n) is 9.61. The second kappa shape index (κ2) is 14.3. The second-order valence-corrected chi connectivity index (χ2v) is 11.2. The van der Waals surface area contributed by atoms with Crippen LogP contribution in [0.3, 0.4) is 0 Å². The molecule has 1 fully saturated rings. The summed E-state index contributed by atoms with van der Waals surface area (Å²) in [5, 5.41) is 3.94. The van der Waals surface area contributed by atoms with E-state index in [0.29, 0.717) is 30.2 Å². The first-order chi connectivity index (χ1) is 18.1. The predicted molar refractivity (Wildman–Crippen MR) is 153 cm³/mol. The summed E-state index contributed by atoms with van der Waals surface area (Å²) < 4.78 is 0. The lowest BCUT2D eigenvalue weighted by molar-refractivity contribution is -0.141. The van der Waals surface area contributed by atoms with Crippen LogP contribution in [-0.4, -0.2) is 34.6 Å². The molecule has 0 aromatic heterocycles. The lowest BCUT2D eigenvalue weighted by Crippen LogP contribution is -2.52. The molecule has 1 atom stereocenters. The fraction of sp³-hybridized carbons (Fsp3) is 0.355. The van der Waals surface area contributed by atoms with Gasteiger partial charge < -0.3 is 10.2 Å². The molecule has 0 spiro atoms. The van der Waals surface area contributed by atoms with Crippen LogP contribution in [0.25, 0.3) is 0 Å². The Morgan fingerprint density at radius 3 is 2.19 bits per heavy atom. The van der Waals surface area contributed by atoms with E-state index in [0.717, 1.165) is 41.7 Å². The molecule has 6 heteroatoms. The molecule has 194 valence electrons. The molecule has 1 saturated carbocycles. The van der Waals surface area contributed by atoms with Gasteiger partial charge in [-0.3, -0.25) is 9.59 Å². The van der Waals surface area contributed by atoms with E-state index in [1.807, 2.05) is 72.8 Å². The Bertz CT molecular complexity index is 1120. The molecule has 2 amide bonds. The van der Waals surface area contributed by atoms with E-state index in [2.05, 4.69) is 17.4 Å². The highest BCUT2D eigenvalue weighted by Gasteiger charge is 2.31. The van der Waals surface area contributed by atoms with Gasteiger partial charge in [0.1, 0.15) is 6.04 Å². The normalized spacial score (nSPS) is 14.6. The molecule has 37 heavy (non-hydrogen) atoms. The lowest BCUT2D eigenvalue weighted by atomic mass is 9.94. The zero-order valence-electron chi connectivity index (χ0n) is 21.2. The smallest absolute Gasteiger partial charge is 0.243 e. The number of hydrogen-bond donors (Lipinski definition) is 1. The Labute approximate surface area is 229 Å². The number of carbonyl (C=O) groups is 2. The van der Waals surface area contributed by atoms with Crippen LogP contribution >= 0.6 is 23.4 Å². The van der Waals surface area contributed by atoms with Gasteiger partial charge in [0, 0.05) is 41.1 Å². The molecule has 0 aliphatic heterocycles. The minimum absolute atomic E-state index is 0.0156. The largest absolute Gasteiger partial charge is 0.352 e. The Kier molecular flexibility index (Phi) is 10.5. The zero-order valence-corrected chi connectivity index (χ0v) is 22.7. The van der Waals surface area contributed by atoms with Crippen molar-refractivity contribution in [3.05, 3.63) is 101 Å². The van der Waals surface area contributed by atoms with E-state index >= 15 is 0 Å². The highest BCUT2D eigenvalue weighted by Crippen LogP contribution is 2.22. The number of rotatable bonds is 11. The number of benzene rings is 3. The van der Waals surface area contributed by atoms with Crippen molar-refractivity contribution >= 4 is 35.2 Å². The molecule has 0 unspecified atom stereocenters. The van der Waals surface area contributed by atoms with Crippen LogP contribution in [0, 0.1) is 0 Å². The van der Waals surface area contributed by atoms with Crippen LogP contribution in [0.1, 0.15) is 49.7 Å². The monoisotopic (exact) mass is 534 g/mol. The Balaban J connectivity index is 1.56. The van der Waals surface area contributed by atoms with Crippen molar-refractivity contribution < 1.29 is 9.59 Å². The molecule has 3 aromatic rings. The van der Waals surface area contributed by atoms with Gasteiger partial charge in [-0.05, 0) is 48.2 Å². The Hall–Kier alpha value is -2.76. The Morgan fingerprint density at radius 2 is 1.51 bits per heavy atom. The molecule has 4 nitrogen and oxygen atoms in total. The summed E-state index contributed by atoms with van der Waals surface area (Å²) in [6.45, 7) is 0.363. The number of hydrogen-bond acceptors (Lipinski definition) is 3. The minimum Gasteiger partial charge on any atom is -0.352 e. The van der Waals surface area contributed by atoms with Gasteiger partial charge in [-0.15, -0.1) is 11.8 Å². The summed E-state index contributed by atoms with van der Waals surface area (Å²) in [6.07, 6.45) is 6.34. The number of nitrogens with one attached hydrogen (secondary N) is 1. The van der Waals surface area contributed by atoms with Gasteiger partial charge in [0.05, 0.1) is 0 Å². The van der Waals surface area contributed by atoms with Gasteiger partial charge in [-0.25, -0.2) is 0 Å². The van der Waals surface area contributed by atoms with Crippen LogP contribution in [0.5, 0.6) is 0 Å². The maximum Gasteiger partial charge on any atom is 0.243 e. The number of thioether (sulfide) groups is 1. The average Bonchev–Trinajstić information content (AvgIpc) is 2.93. The van der Waals surface area contributed by atoms with Crippen molar-refractivity contribution in [3.8, 4) is 0 Å². The van der Waals surface area contributed by atoms with E-state index in [1.54, 1.807) is 16.7 Å². The van der Waals surface area contributed by atoms with E-state index in [-0.39, 0.29) is 17.9 Å². The highest BCUT2D eigenvalue weighted by atomic mass is 35.5. The third-order valence-electron chi connectivity index (χ3n) is 6.82. The van der Waals surface area contributed by atoms with Crippen molar-refractivity contribution in [2.75, 3.05) is 5.75 Å². The standard InChI is InChI=1S/C31H35ClN2O2S/c32-26-18-16-25(17-19-26)23-34(30(35)20-21-37-28-14-8-3-9-15-28)29(22-24-10-4-1-5-11-24)31(36)33-27-12-6-2-7-13-27/h1,3-5,8-11,14-19,27,29H,2,6-7,12-13,20-23H2,(H,33,36)/t29-/m0/s1. The minimum atomic E-state index is -0.589. The van der Waals surface area contributed by atoms with Crippen molar-refractivity contribution in [3.63, 3.8) is 0 Å². The summed E-state index contributed by atoms with van der Waals surface area (Å²) in [5.74, 6) is 0.578. The first kappa shape index (κ1) is 27.3. The third kappa shape index (κ3) is 8.65. The molecule has 1 aliphatic rings. The summed E-state index contributed by atoms with van der Waals surface area (Å²) >= 11 is 7.78. The summed E-state index contributed by atoms with van der Waals surface area (Å²) in [4.78, 5) is 30.4. The first-order valence-electron chi connectivity index (χ1n) is 13.1. The fourth-order valence-electron chi connectivity index (χ4n) is 4.80. The summed E-state index contributed by atoms with van der Waals surface area (Å²) in [6, 6.07) is 27.2. The van der Waals surface area contributed by atoms with Crippen molar-refractivity contribution in [1.82, 2.24) is 10.2 Å². The fourth-order valence-corrected chi connectivity index (χ4v) is 5.79. The van der Waals surface area contributed by atoms with Gasteiger partial charge in [-0.1, -0.05) is 91.5 Å². The third-order valence-corrected chi connectivity index (χ3v) is 8.08. The van der Waals surface area contributed by atoms with Crippen molar-refractivity contribution in [2.45, 2.75) is 68.5 Å². The van der Waals surface area contributed by atoms with Gasteiger partial charge >= 0.3 is 0 Å². The van der Waals surface area contributed by atoms with Crippen molar-refractivity contribution in [1.29, 1.82) is 0 Å². The lowest BCUT2D eigenvalue weighted by Gasteiger charge is -2.33. The molecule has 0 bridgehead atoms. The van der Waals surface area contributed by atoms with Crippen LogP contribution < -0.4 is 5.32 Å². The average molecular weight is 535 g/mol. The molecule has 4 rings (SSSR count). The predicted octanol–water partition coefficient (Wildman–Crippen LogP) is 6.91. The molecule has 1 aliphatic carbocycles. The topological polar surface area (TPSA) is 49.4 Å². The van der Waals surface area contributed by atoms with E-state index < -0.39 is 6.04 Å². The number of amides is 2. The Morgan fingerprint density at radius 1 is 0.865 bits per heavy atom. The van der Waals surface area contributed by atoms with Gasteiger partial charge in [-0.2, -0.15) is 0 Å². The molecule has 1 N–H and O–H groups in total. The molecule has 0 saturated heterocycles. The molecular formula is C31H35ClN2O2S. The zero-order chi connectivity index (χ0) is 25.9. The summed E-state index contributed by atoms with van der Waals surface area (Å²) in [5.41, 5.74) is 2.00. The highest BCUT2D eigenvalue weighted by molar-refractivity contribution is 7.99.